The van der Waals surface area contributed by atoms with Gasteiger partial charge in [0.1, 0.15) is 0 Å². The van der Waals surface area contributed by atoms with E-state index in [0.717, 1.165) is 50.3 Å². The second kappa shape index (κ2) is 9.40. The SMILES string of the molecule is CCCN(CC1CC1)C(=O)CCC1CCN(S(=O)(=O)c2ccc(C)cc2)CC1. The molecular formula is C22H34N2O3S. The Hall–Kier alpha value is -1.40. The first-order valence-electron chi connectivity index (χ1n) is 10.7. The third-order valence-corrected chi connectivity index (χ3v) is 7.93. The number of hydrogen-bond donors (Lipinski definition) is 0. The number of carbonyl (C=O) groups is 1. The second-order valence-electron chi connectivity index (χ2n) is 8.48. The van der Waals surface area contributed by atoms with Crippen LogP contribution in [0.2, 0.25) is 0 Å². The molecule has 1 heterocycles. The van der Waals surface area contributed by atoms with E-state index in [4.69, 9.17) is 0 Å². The molecule has 0 spiro atoms. The maximum atomic E-state index is 12.8. The van der Waals surface area contributed by atoms with Gasteiger partial charge in [-0.25, -0.2) is 8.42 Å². The number of benzene rings is 1. The Kier molecular flexibility index (Phi) is 7.15. The molecule has 2 aliphatic rings. The van der Waals surface area contributed by atoms with E-state index in [2.05, 4.69) is 11.8 Å². The summed E-state index contributed by atoms with van der Waals surface area (Å²) in [7, 11) is -3.40. The van der Waals surface area contributed by atoms with E-state index in [1.165, 1.54) is 12.8 Å². The number of aryl methyl sites for hydroxylation is 1. The Bertz CT molecular complexity index is 748. The van der Waals surface area contributed by atoms with Gasteiger partial charge in [-0.05, 0) is 69.4 Å². The first kappa shape index (κ1) is 21.3. The van der Waals surface area contributed by atoms with E-state index < -0.39 is 10.0 Å². The van der Waals surface area contributed by atoms with Gasteiger partial charge in [0, 0.05) is 32.6 Å². The summed E-state index contributed by atoms with van der Waals surface area (Å²) in [5.41, 5.74) is 1.06. The van der Waals surface area contributed by atoms with Gasteiger partial charge >= 0.3 is 0 Å². The van der Waals surface area contributed by atoms with Crippen molar-refractivity contribution in [2.45, 2.75) is 63.7 Å². The maximum Gasteiger partial charge on any atom is 0.243 e. The van der Waals surface area contributed by atoms with E-state index in [1.54, 1.807) is 16.4 Å². The van der Waals surface area contributed by atoms with Crippen molar-refractivity contribution in [3.63, 3.8) is 0 Å². The van der Waals surface area contributed by atoms with E-state index in [0.29, 0.717) is 30.3 Å². The fourth-order valence-corrected chi connectivity index (χ4v) is 5.45. The molecule has 156 valence electrons. The molecule has 1 aliphatic carbocycles. The van der Waals surface area contributed by atoms with E-state index in [9.17, 15) is 13.2 Å². The zero-order chi connectivity index (χ0) is 20.1. The van der Waals surface area contributed by atoms with Gasteiger partial charge in [0.05, 0.1) is 4.90 Å². The Morgan fingerprint density at radius 3 is 2.29 bits per heavy atom. The molecule has 1 amide bonds. The summed E-state index contributed by atoms with van der Waals surface area (Å²) in [6.45, 7) is 6.97. The summed E-state index contributed by atoms with van der Waals surface area (Å²) in [5, 5.41) is 0. The fraction of sp³-hybridized carbons (Fsp3) is 0.682. The molecule has 0 aromatic heterocycles. The number of carbonyl (C=O) groups excluding carboxylic acids is 1. The topological polar surface area (TPSA) is 57.7 Å². The lowest BCUT2D eigenvalue weighted by atomic mass is 9.93. The summed E-state index contributed by atoms with van der Waals surface area (Å²) in [4.78, 5) is 15.0. The van der Waals surface area contributed by atoms with Crippen LogP contribution in [0.5, 0.6) is 0 Å². The van der Waals surface area contributed by atoms with Gasteiger partial charge < -0.3 is 4.90 Å². The minimum atomic E-state index is -3.40. The van der Waals surface area contributed by atoms with Crippen molar-refractivity contribution in [2.75, 3.05) is 26.2 Å². The molecule has 0 bridgehead atoms. The van der Waals surface area contributed by atoms with E-state index >= 15 is 0 Å². The molecule has 28 heavy (non-hydrogen) atoms. The average molecular weight is 407 g/mol. The molecule has 1 aromatic carbocycles. The lowest BCUT2D eigenvalue weighted by molar-refractivity contribution is -0.131. The third kappa shape index (κ3) is 5.57. The van der Waals surface area contributed by atoms with Crippen LogP contribution in [0.15, 0.2) is 29.2 Å². The van der Waals surface area contributed by atoms with Crippen LogP contribution < -0.4 is 0 Å². The predicted octanol–water partition coefficient (Wildman–Crippen LogP) is 3.82. The van der Waals surface area contributed by atoms with Crippen LogP contribution in [0, 0.1) is 18.8 Å². The smallest absolute Gasteiger partial charge is 0.243 e. The van der Waals surface area contributed by atoms with Crippen LogP contribution >= 0.6 is 0 Å². The lowest BCUT2D eigenvalue weighted by Gasteiger charge is -2.31. The fourth-order valence-electron chi connectivity index (χ4n) is 3.98. The zero-order valence-electron chi connectivity index (χ0n) is 17.3. The third-order valence-electron chi connectivity index (χ3n) is 6.02. The average Bonchev–Trinajstić information content (AvgIpc) is 3.50. The highest BCUT2D eigenvalue weighted by Crippen LogP contribution is 2.31. The van der Waals surface area contributed by atoms with Crippen molar-refractivity contribution in [3.05, 3.63) is 29.8 Å². The summed E-state index contributed by atoms with van der Waals surface area (Å²) in [6, 6.07) is 7.07. The maximum absolute atomic E-state index is 12.8. The Labute approximate surface area is 170 Å². The monoisotopic (exact) mass is 406 g/mol. The lowest BCUT2D eigenvalue weighted by Crippen LogP contribution is -2.39. The number of amides is 1. The molecule has 1 saturated carbocycles. The molecule has 3 rings (SSSR count). The molecule has 0 radical (unpaired) electrons. The Morgan fingerprint density at radius 2 is 1.71 bits per heavy atom. The molecule has 0 atom stereocenters. The number of nitrogens with zero attached hydrogens (tertiary/aromatic N) is 2. The Morgan fingerprint density at radius 1 is 1.07 bits per heavy atom. The zero-order valence-corrected chi connectivity index (χ0v) is 18.1. The summed E-state index contributed by atoms with van der Waals surface area (Å²) >= 11 is 0. The van der Waals surface area contributed by atoms with Crippen LogP contribution in [0.3, 0.4) is 0 Å². The van der Waals surface area contributed by atoms with Gasteiger partial charge in [0.15, 0.2) is 0 Å². The van der Waals surface area contributed by atoms with Gasteiger partial charge in [-0.1, -0.05) is 24.6 Å². The Balaban J connectivity index is 1.47. The van der Waals surface area contributed by atoms with Crippen LogP contribution in [0.25, 0.3) is 0 Å². The second-order valence-corrected chi connectivity index (χ2v) is 10.4. The molecule has 6 heteroatoms. The van der Waals surface area contributed by atoms with Crippen molar-refractivity contribution in [2.24, 2.45) is 11.8 Å². The quantitative estimate of drug-likeness (QED) is 0.626. The van der Waals surface area contributed by atoms with E-state index in [-0.39, 0.29) is 5.91 Å². The standard InChI is InChI=1S/C22H34N2O3S/c1-3-14-23(17-20-6-7-20)22(25)11-8-19-12-15-24(16-13-19)28(26,27)21-9-4-18(2)5-10-21/h4-5,9-10,19-20H,3,6-8,11-17H2,1-2H3. The van der Waals surface area contributed by atoms with Crippen molar-refractivity contribution in [1.82, 2.24) is 9.21 Å². The van der Waals surface area contributed by atoms with Gasteiger partial charge in [-0.2, -0.15) is 4.31 Å². The van der Waals surface area contributed by atoms with Gasteiger partial charge in [0.25, 0.3) is 0 Å². The summed E-state index contributed by atoms with van der Waals surface area (Å²) in [6.07, 6.45) is 6.70. The van der Waals surface area contributed by atoms with Crippen molar-refractivity contribution in [1.29, 1.82) is 0 Å². The highest BCUT2D eigenvalue weighted by atomic mass is 32.2. The van der Waals surface area contributed by atoms with Crippen LogP contribution in [0.4, 0.5) is 0 Å². The van der Waals surface area contributed by atoms with Crippen LogP contribution in [0.1, 0.15) is 57.4 Å². The van der Waals surface area contributed by atoms with E-state index in [1.807, 2.05) is 19.1 Å². The molecule has 0 unspecified atom stereocenters. The minimum Gasteiger partial charge on any atom is -0.342 e. The van der Waals surface area contributed by atoms with Crippen LogP contribution in [-0.4, -0.2) is 49.7 Å². The molecule has 1 saturated heterocycles. The van der Waals surface area contributed by atoms with Crippen molar-refractivity contribution in [3.8, 4) is 0 Å². The first-order valence-corrected chi connectivity index (χ1v) is 12.2. The summed E-state index contributed by atoms with van der Waals surface area (Å²) in [5.74, 6) is 1.45. The van der Waals surface area contributed by atoms with Gasteiger partial charge in [0.2, 0.25) is 15.9 Å². The molecule has 2 fully saturated rings. The normalized spacial score (nSPS) is 18.9. The van der Waals surface area contributed by atoms with Crippen molar-refractivity contribution < 1.29 is 13.2 Å². The molecular weight excluding hydrogens is 372 g/mol. The molecule has 5 nitrogen and oxygen atoms in total. The largest absolute Gasteiger partial charge is 0.342 e. The minimum absolute atomic E-state index is 0.281. The highest BCUT2D eigenvalue weighted by Gasteiger charge is 2.30. The first-order chi connectivity index (χ1) is 13.4. The number of hydrogen-bond acceptors (Lipinski definition) is 3. The molecule has 1 aromatic rings. The van der Waals surface area contributed by atoms with Gasteiger partial charge in [-0.15, -0.1) is 0 Å². The molecule has 0 N–H and O–H groups in total. The number of sulfonamides is 1. The number of rotatable bonds is 9. The van der Waals surface area contributed by atoms with Gasteiger partial charge in [-0.3, -0.25) is 4.79 Å². The molecule has 1 aliphatic heterocycles. The summed E-state index contributed by atoms with van der Waals surface area (Å²) < 4.78 is 27.2. The highest BCUT2D eigenvalue weighted by molar-refractivity contribution is 7.89. The predicted molar refractivity (Wildman–Crippen MR) is 111 cm³/mol. The van der Waals surface area contributed by atoms with Crippen LogP contribution in [-0.2, 0) is 14.8 Å². The number of piperidine rings is 1. The van der Waals surface area contributed by atoms with Crippen molar-refractivity contribution >= 4 is 15.9 Å².